The minimum Gasteiger partial charge on any atom is -0.494 e. The van der Waals surface area contributed by atoms with Gasteiger partial charge in [0.2, 0.25) is 0 Å². The van der Waals surface area contributed by atoms with Crippen LogP contribution in [-0.4, -0.2) is 35.2 Å². The Morgan fingerprint density at radius 3 is 2.60 bits per heavy atom. The molecule has 1 aliphatic heterocycles. The molecular formula is C20H22BrNO3. The second-order valence-electron chi connectivity index (χ2n) is 6.13. The molecule has 0 aliphatic carbocycles. The molecule has 0 radical (unpaired) electrons. The standard InChI is InChI=1S/C20H22BrNO3/c1-2-25-18-12-6-4-9-15(18)19(14-8-3-5-10-16(14)21)22-13-7-11-17(22)20(23)24/h3-6,8-10,12,17,19H,2,7,11,13H2,1H3,(H,23,24)/t17-,19-/m0/s1. The van der Waals surface area contributed by atoms with Gasteiger partial charge in [-0.1, -0.05) is 52.3 Å². The number of carboxylic acid groups (broad SMARTS) is 1. The van der Waals surface area contributed by atoms with E-state index in [1.807, 2.05) is 49.4 Å². The van der Waals surface area contributed by atoms with Crippen molar-refractivity contribution in [3.63, 3.8) is 0 Å². The number of ether oxygens (including phenoxy) is 1. The normalized spacial score (nSPS) is 18.9. The average molecular weight is 404 g/mol. The second kappa shape index (κ2) is 8.02. The van der Waals surface area contributed by atoms with Gasteiger partial charge < -0.3 is 9.84 Å². The van der Waals surface area contributed by atoms with E-state index in [0.717, 1.165) is 34.3 Å². The third-order valence-electron chi connectivity index (χ3n) is 4.62. The molecule has 25 heavy (non-hydrogen) atoms. The molecule has 1 aliphatic rings. The molecule has 1 fully saturated rings. The number of carbonyl (C=O) groups is 1. The zero-order chi connectivity index (χ0) is 17.8. The van der Waals surface area contributed by atoms with Crippen LogP contribution in [0.1, 0.15) is 36.9 Å². The van der Waals surface area contributed by atoms with E-state index in [9.17, 15) is 9.90 Å². The van der Waals surface area contributed by atoms with Crippen LogP contribution in [0.15, 0.2) is 53.0 Å². The maximum absolute atomic E-state index is 11.8. The maximum Gasteiger partial charge on any atom is 0.320 e. The summed E-state index contributed by atoms with van der Waals surface area (Å²) in [7, 11) is 0. The van der Waals surface area contributed by atoms with Crippen LogP contribution in [0, 0.1) is 0 Å². The molecular weight excluding hydrogens is 382 g/mol. The number of nitrogens with zero attached hydrogens (tertiary/aromatic N) is 1. The summed E-state index contributed by atoms with van der Waals surface area (Å²) in [6.45, 7) is 3.28. The summed E-state index contributed by atoms with van der Waals surface area (Å²) in [5.74, 6) is 0.0465. The number of rotatable bonds is 6. The van der Waals surface area contributed by atoms with Crippen LogP contribution in [0.2, 0.25) is 0 Å². The molecule has 2 aromatic carbocycles. The predicted molar refractivity (Wildman–Crippen MR) is 101 cm³/mol. The Hall–Kier alpha value is -1.85. The van der Waals surface area contributed by atoms with Gasteiger partial charge in [-0.05, 0) is 37.5 Å². The van der Waals surface area contributed by atoms with Gasteiger partial charge in [-0.15, -0.1) is 0 Å². The summed E-state index contributed by atoms with van der Waals surface area (Å²) in [5.41, 5.74) is 2.06. The van der Waals surface area contributed by atoms with Crippen LogP contribution >= 0.6 is 15.9 Å². The highest BCUT2D eigenvalue weighted by molar-refractivity contribution is 9.10. The predicted octanol–water partition coefficient (Wildman–Crippen LogP) is 4.49. The van der Waals surface area contributed by atoms with E-state index in [2.05, 4.69) is 26.9 Å². The smallest absolute Gasteiger partial charge is 0.320 e. The van der Waals surface area contributed by atoms with Crippen LogP contribution in [0.3, 0.4) is 0 Å². The van der Waals surface area contributed by atoms with Crippen LogP contribution in [0.4, 0.5) is 0 Å². The zero-order valence-corrected chi connectivity index (χ0v) is 15.8. The van der Waals surface area contributed by atoms with Gasteiger partial charge in [0.15, 0.2) is 0 Å². The molecule has 0 unspecified atom stereocenters. The fourth-order valence-electron chi connectivity index (χ4n) is 3.58. The minimum absolute atomic E-state index is 0.165. The first-order valence-electron chi connectivity index (χ1n) is 8.58. The van der Waals surface area contributed by atoms with E-state index in [1.54, 1.807) is 0 Å². The fraction of sp³-hybridized carbons (Fsp3) is 0.350. The van der Waals surface area contributed by atoms with Crippen LogP contribution < -0.4 is 4.74 Å². The molecule has 0 aromatic heterocycles. The van der Waals surface area contributed by atoms with Gasteiger partial charge in [-0.25, -0.2) is 0 Å². The van der Waals surface area contributed by atoms with Crippen LogP contribution in [-0.2, 0) is 4.79 Å². The van der Waals surface area contributed by atoms with Crippen molar-refractivity contribution in [2.75, 3.05) is 13.2 Å². The van der Waals surface area contributed by atoms with Gasteiger partial charge in [0.25, 0.3) is 0 Å². The van der Waals surface area contributed by atoms with Crippen LogP contribution in [0.5, 0.6) is 5.75 Å². The van der Waals surface area contributed by atoms with Crippen molar-refractivity contribution in [2.45, 2.75) is 31.8 Å². The molecule has 132 valence electrons. The topological polar surface area (TPSA) is 49.8 Å². The lowest BCUT2D eigenvalue weighted by Crippen LogP contribution is -2.39. The molecule has 0 saturated carbocycles. The first-order chi connectivity index (χ1) is 12.1. The number of halogens is 1. The summed E-state index contributed by atoms with van der Waals surface area (Å²) >= 11 is 3.65. The average Bonchev–Trinajstić information content (AvgIpc) is 3.08. The first kappa shape index (κ1) is 18.0. The molecule has 1 saturated heterocycles. The molecule has 1 N–H and O–H groups in total. The fourth-order valence-corrected chi connectivity index (χ4v) is 4.08. The number of hydrogen-bond donors (Lipinski definition) is 1. The molecule has 5 heteroatoms. The number of carboxylic acids is 1. The Morgan fingerprint density at radius 2 is 1.92 bits per heavy atom. The Bertz CT molecular complexity index is 749. The summed E-state index contributed by atoms with van der Waals surface area (Å²) in [6.07, 6.45) is 1.56. The molecule has 1 heterocycles. The van der Waals surface area contributed by atoms with E-state index in [4.69, 9.17) is 4.74 Å². The summed E-state index contributed by atoms with van der Waals surface area (Å²) in [6, 6.07) is 15.3. The van der Waals surface area contributed by atoms with Gasteiger partial charge in [0.1, 0.15) is 11.8 Å². The molecule has 2 atom stereocenters. The molecule has 0 amide bonds. The van der Waals surface area contributed by atoms with Gasteiger partial charge >= 0.3 is 5.97 Å². The molecule has 2 aromatic rings. The minimum atomic E-state index is -0.761. The maximum atomic E-state index is 11.8. The van der Waals surface area contributed by atoms with Crippen LogP contribution in [0.25, 0.3) is 0 Å². The molecule has 3 rings (SSSR count). The Labute approximate surface area is 156 Å². The number of hydrogen-bond acceptors (Lipinski definition) is 3. The molecule has 0 spiro atoms. The summed E-state index contributed by atoms with van der Waals surface area (Å²) in [5, 5.41) is 9.68. The van der Waals surface area contributed by atoms with Crippen molar-refractivity contribution in [3.8, 4) is 5.75 Å². The van der Waals surface area contributed by atoms with E-state index >= 15 is 0 Å². The molecule has 0 bridgehead atoms. The number of likely N-dealkylation sites (tertiary alicyclic amines) is 1. The largest absolute Gasteiger partial charge is 0.494 e. The third kappa shape index (κ3) is 3.72. The highest BCUT2D eigenvalue weighted by Crippen LogP contribution is 2.41. The van der Waals surface area contributed by atoms with E-state index in [0.29, 0.717) is 13.0 Å². The zero-order valence-electron chi connectivity index (χ0n) is 14.2. The van der Waals surface area contributed by atoms with Crippen molar-refractivity contribution < 1.29 is 14.6 Å². The Balaban J connectivity index is 2.13. The number of para-hydroxylation sites is 1. The molecule has 4 nitrogen and oxygen atoms in total. The van der Waals surface area contributed by atoms with Gasteiger partial charge in [-0.3, -0.25) is 9.69 Å². The van der Waals surface area contributed by atoms with Crippen molar-refractivity contribution >= 4 is 21.9 Å². The first-order valence-corrected chi connectivity index (χ1v) is 9.37. The second-order valence-corrected chi connectivity index (χ2v) is 6.98. The summed E-state index contributed by atoms with van der Waals surface area (Å²) in [4.78, 5) is 13.9. The lowest BCUT2D eigenvalue weighted by atomic mass is 9.95. The van der Waals surface area contributed by atoms with Crippen molar-refractivity contribution in [2.24, 2.45) is 0 Å². The quantitative estimate of drug-likeness (QED) is 0.771. The van der Waals surface area contributed by atoms with Crippen molar-refractivity contribution in [1.29, 1.82) is 0 Å². The van der Waals surface area contributed by atoms with Crippen molar-refractivity contribution in [1.82, 2.24) is 4.90 Å². The SMILES string of the molecule is CCOc1ccccc1[C@H](c1ccccc1Br)N1CCC[C@H]1C(=O)O. The van der Waals surface area contributed by atoms with Crippen molar-refractivity contribution in [3.05, 3.63) is 64.1 Å². The number of aliphatic carboxylic acids is 1. The van der Waals surface area contributed by atoms with E-state index in [-0.39, 0.29) is 6.04 Å². The van der Waals surface area contributed by atoms with E-state index in [1.165, 1.54) is 0 Å². The Kier molecular flexibility index (Phi) is 5.76. The summed E-state index contributed by atoms with van der Waals surface area (Å²) < 4.78 is 6.82. The lowest BCUT2D eigenvalue weighted by molar-refractivity contribution is -0.142. The highest BCUT2D eigenvalue weighted by atomic mass is 79.9. The highest BCUT2D eigenvalue weighted by Gasteiger charge is 2.38. The lowest BCUT2D eigenvalue weighted by Gasteiger charge is -2.33. The third-order valence-corrected chi connectivity index (χ3v) is 5.35. The van der Waals surface area contributed by atoms with E-state index < -0.39 is 12.0 Å². The Morgan fingerprint density at radius 1 is 1.24 bits per heavy atom. The van der Waals surface area contributed by atoms with Gasteiger partial charge in [0.05, 0.1) is 12.6 Å². The van der Waals surface area contributed by atoms with Gasteiger partial charge in [0, 0.05) is 16.6 Å². The monoisotopic (exact) mass is 403 g/mol. The number of benzene rings is 2. The van der Waals surface area contributed by atoms with Gasteiger partial charge in [-0.2, -0.15) is 0 Å².